The Bertz CT molecular complexity index is 1230. The van der Waals surface area contributed by atoms with Crippen LogP contribution in [0.1, 0.15) is 73.7 Å². The van der Waals surface area contributed by atoms with Gasteiger partial charge < -0.3 is 23.9 Å². The molecule has 7 nitrogen and oxygen atoms in total. The van der Waals surface area contributed by atoms with E-state index in [1.165, 1.54) is 19.3 Å². The fraction of sp³-hybridized carbons (Fsp3) is 0.500. The Morgan fingerprint density at radius 3 is 2.63 bits per heavy atom. The number of hydrogen-bond donors (Lipinski definition) is 1. The molecular weight excluding hydrogens is 442 g/mol. The number of carbonyl (C=O) groups is 2. The van der Waals surface area contributed by atoms with E-state index in [2.05, 4.69) is 5.32 Å². The molecule has 35 heavy (non-hydrogen) atoms. The molecule has 1 atom stereocenters. The topological polar surface area (TPSA) is 76.7 Å². The number of aromatic nitrogens is 1. The first kappa shape index (κ1) is 23.5. The summed E-state index contributed by atoms with van der Waals surface area (Å²) in [6, 6.07) is 11.6. The minimum Gasteiger partial charge on any atom is -0.497 e. The van der Waals surface area contributed by atoms with Crippen LogP contribution in [-0.4, -0.2) is 40.0 Å². The molecular formula is C28H35N3O4. The SMILES string of the molecule is COc1cccc(CN2C(=O)c3cc4oc(C)cc4n3CC2(C)C(=O)NC2CCCCCCC2)c1. The Labute approximate surface area is 206 Å². The van der Waals surface area contributed by atoms with Gasteiger partial charge in [-0.1, -0.05) is 44.2 Å². The largest absolute Gasteiger partial charge is 0.497 e. The number of ether oxygens (including phenoxy) is 1. The third-order valence-electron chi connectivity index (χ3n) is 7.64. The molecule has 0 saturated heterocycles. The Morgan fingerprint density at radius 2 is 1.89 bits per heavy atom. The van der Waals surface area contributed by atoms with Crippen molar-refractivity contribution in [3.8, 4) is 5.75 Å². The molecule has 3 heterocycles. The summed E-state index contributed by atoms with van der Waals surface area (Å²) in [6.45, 7) is 4.48. The number of furan rings is 1. The van der Waals surface area contributed by atoms with E-state index in [1.807, 2.05) is 48.7 Å². The summed E-state index contributed by atoms with van der Waals surface area (Å²) < 4.78 is 13.2. The molecule has 0 spiro atoms. The molecule has 1 unspecified atom stereocenters. The first-order valence-electron chi connectivity index (χ1n) is 12.7. The van der Waals surface area contributed by atoms with Crippen LogP contribution < -0.4 is 10.1 Å². The maximum Gasteiger partial charge on any atom is 0.271 e. The van der Waals surface area contributed by atoms with Gasteiger partial charge in [-0.05, 0) is 44.4 Å². The number of hydrogen-bond acceptors (Lipinski definition) is 4. The van der Waals surface area contributed by atoms with E-state index in [4.69, 9.17) is 9.15 Å². The molecule has 1 saturated carbocycles. The Kier molecular flexibility index (Phi) is 6.34. The highest BCUT2D eigenvalue weighted by Gasteiger charge is 2.48. The predicted octanol–water partition coefficient (Wildman–Crippen LogP) is 5.20. The van der Waals surface area contributed by atoms with Crippen molar-refractivity contribution in [2.45, 2.75) is 83.5 Å². The molecule has 2 amide bonds. The van der Waals surface area contributed by atoms with Gasteiger partial charge in [-0.15, -0.1) is 0 Å². The molecule has 0 bridgehead atoms. The number of fused-ring (bicyclic) bond motifs is 3. The molecule has 2 aliphatic rings. The van der Waals surface area contributed by atoms with Crippen LogP contribution in [0.5, 0.6) is 5.75 Å². The lowest BCUT2D eigenvalue weighted by Gasteiger charge is -2.44. The molecule has 186 valence electrons. The molecule has 1 fully saturated rings. The smallest absolute Gasteiger partial charge is 0.271 e. The van der Waals surface area contributed by atoms with Crippen molar-refractivity contribution in [2.24, 2.45) is 0 Å². The number of methoxy groups -OCH3 is 1. The van der Waals surface area contributed by atoms with Crippen molar-refractivity contribution >= 4 is 22.9 Å². The number of aryl methyl sites for hydroxylation is 1. The van der Waals surface area contributed by atoms with Gasteiger partial charge in [0.05, 0.1) is 19.2 Å². The lowest BCUT2D eigenvalue weighted by molar-refractivity contribution is -0.134. The number of carbonyl (C=O) groups excluding carboxylic acids is 2. The summed E-state index contributed by atoms with van der Waals surface area (Å²) in [4.78, 5) is 29.6. The number of amides is 2. The maximum absolute atomic E-state index is 14.0. The molecule has 7 heteroatoms. The zero-order valence-electron chi connectivity index (χ0n) is 20.9. The van der Waals surface area contributed by atoms with Gasteiger partial charge in [0.2, 0.25) is 5.91 Å². The van der Waals surface area contributed by atoms with Crippen LogP contribution >= 0.6 is 0 Å². The summed E-state index contributed by atoms with van der Waals surface area (Å²) in [5.41, 5.74) is 1.96. The molecule has 1 aromatic carbocycles. The number of nitrogens with one attached hydrogen (secondary N) is 1. The van der Waals surface area contributed by atoms with Crippen LogP contribution in [-0.2, 0) is 17.9 Å². The van der Waals surface area contributed by atoms with E-state index in [1.54, 1.807) is 18.1 Å². The highest BCUT2D eigenvalue weighted by atomic mass is 16.5. The highest BCUT2D eigenvalue weighted by molar-refractivity contribution is 6.03. The van der Waals surface area contributed by atoms with Gasteiger partial charge in [-0.3, -0.25) is 9.59 Å². The second-order valence-corrected chi connectivity index (χ2v) is 10.3. The highest BCUT2D eigenvalue weighted by Crippen LogP contribution is 2.35. The molecule has 0 radical (unpaired) electrons. The van der Waals surface area contributed by atoms with Crippen molar-refractivity contribution in [1.82, 2.24) is 14.8 Å². The van der Waals surface area contributed by atoms with Gasteiger partial charge in [0.25, 0.3) is 5.91 Å². The lowest BCUT2D eigenvalue weighted by Crippen LogP contribution is -2.64. The van der Waals surface area contributed by atoms with E-state index in [0.717, 1.165) is 48.3 Å². The van der Waals surface area contributed by atoms with Crippen molar-refractivity contribution in [1.29, 1.82) is 0 Å². The van der Waals surface area contributed by atoms with Crippen molar-refractivity contribution in [3.63, 3.8) is 0 Å². The third kappa shape index (κ3) is 4.44. The molecule has 2 aromatic heterocycles. The van der Waals surface area contributed by atoms with E-state index < -0.39 is 5.54 Å². The van der Waals surface area contributed by atoms with Gasteiger partial charge in [0, 0.05) is 24.7 Å². The Morgan fingerprint density at radius 1 is 1.14 bits per heavy atom. The van der Waals surface area contributed by atoms with Crippen LogP contribution in [0.4, 0.5) is 0 Å². The van der Waals surface area contributed by atoms with Crippen molar-refractivity contribution in [2.75, 3.05) is 7.11 Å². The maximum atomic E-state index is 14.0. The Hall–Kier alpha value is -3.22. The second-order valence-electron chi connectivity index (χ2n) is 10.3. The summed E-state index contributed by atoms with van der Waals surface area (Å²) >= 11 is 0. The van der Waals surface area contributed by atoms with Gasteiger partial charge in [-0.25, -0.2) is 0 Å². The van der Waals surface area contributed by atoms with E-state index >= 15 is 0 Å². The second kappa shape index (κ2) is 9.44. The van der Waals surface area contributed by atoms with Gasteiger partial charge >= 0.3 is 0 Å². The lowest BCUT2D eigenvalue weighted by atomic mass is 9.91. The van der Waals surface area contributed by atoms with E-state index in [0.29, 0.717) is 24.4 Å². The van der Waals surface area contributed by atoms with Gasteiger partial charge in [0.1, 0.15) is 22.7 Å². The standard InChI is InChI=1S/C28H35N3O4/c1-19-14-23-25(35-19)16-24-26(32)31(17-20-10-9-13-22(15-20)34-3)28(2,18-30(23)24)27(33)29-21-11-7-5-4-6-8-12-21/h9-10,13-16,21H,4-8,11-12,17-18H2,1-3H3,(H,29,33). The minimum atomic E-state index is -1.05. The number of nitrogens with zero attached hydrogens (tertiary/aromatic N) is 2. The van der Waals surface area contributed by atoms with Crippen LogP contribution in [0.3, 0.4) is 0 Å². The first-order valence-corrected chi connectivity index (χ1v) is 12.7. The monoisotopic (exact) mass is 477 g/mol. The number of rotatable bonds is 5. The Balaban J connectivity index is 1.51. The van der Waals surface area contributed by atoms with Crippen LogP contribution in [0.2, 0.25) is 0 Å². The molecule has 1 aliphatic carbocycles. The summed E-state index contributed by atoms with van der Waals surface area (Å²) in [6.07, 6.45) is 7.95. The van der Waals surface area contributed by atoms with E-state index in [-0.39, 0.29) is 17.9 Å². The normalized spacial score (nSPS) is 21.5. The van der Waals surface area contributed by atoms with Crippen molar-refractivity contribution in [3.05, 3.63) is 53.4 Å². The fourth-order valence-corrected chi connectivity index (χ4v) is 5.60. The third-order valence-corrected chi connectivity index (χ3v) is 7.64. The molecule has 1 N–H and O–H groups in total. The summed E-state index contributed by atoms with van der Waals surface area (Å²) in [5, 5.41) is 3.34. The average Bonchev–Trinajstić information content (AvgIpc) is 3.35. The molecule has 5 rings (SSSR count). The summed E-state index contributed by atoms with van der Waals surface area (Å²) in [5.74, 6) is 1.26. The van der Waals surface area contributed by atoms with Crippen LogP contribution in [0.15, 0.2) is 40.8 Å². The zero-order chi connectivity index (χ0) is 24.6. The van der Waals surface area contributed by atoms with Gasteiger partial charge in [-0.2, -0.15) is 0 Å². The predicted molar refractivity (Wildman–Crippen MR) is 134 cm³/mol. The first-order chi connectivity index (χ1) is 16.9. The van der Waals surface area contributed by atoms with Crippen LogP contribution in [0, 0.1) is 6.92 Å². The quantitative estimate of drug-likeness (QED) is 0.548. The minimum absolute atomic E-state index is 0.0907. The molecule has 3 aromatic rings. The molecule has 1 aliphatic heterocycles. The zero-order valence-corrected chi connectivity index (χ0v) is 20.9. The van der Waals surface area contributed by atoms with E-state index in [9.17, 15) is 9.59 Å². The fourth-order valence-electron chi connectivity index (χ4n) is 5.60. The van der Waals surface area contributed by atoms with Crippen LogP contribution in [0.25, 0.3) is 11.1 Å². The number of benzene rings is 1. The van der Waals surface area contributed by atoms with Gasteiger partial charge in [0.15, 0.2) is 5.58 Å². The van der Waals surface area contributed by atoms with Crippen molar-refractivity contribution < 1.29 is 18.7 Å². The average molecular weight is 478 g/mol. The summed E-state index contributed by atoms with van der Waals surface area (Å²) in [7, 11) is 1.63.